The number of rotatable bonds is 4. The number of fused-ring (bicyclic) bond motifs is 2. The Labute approximate surface area is 142 Å². The molecule has 124 valence electrons. The van der Waals surface area contributed by atoms with Crippen molar-refractivity contribution in [3.05, 3.63) is 57.5 Å². The van der Waals surface area contributed by atoms with Gasteiger partial charge in [-0.15, -0.1) is 11.3 Å². The van der Waals surface area contributed by atoms with Gasteiger partial charge in [0, 0.05) is 30.2 Å². The van der Waals surface area contributed by atoms with Crippen LogP contribution in [0.1, 0.15) is 24.2 Å². The maximum Gasteiger partial charge on any atom is 0.258 e. The van der Waals surface area contributed by atoms with Crippen molar-refractivity contribution in [3.8, 4) is 11.5 Å². The van der Waals surface area contributed by atoms with Crippen LogP contribution < -0.4 is 20.3 Å². The van der Waals surface area contributed by atoms with Gasteiger partial charge in [0.05, 0.1) is 5.69 Å². The molecule has 2 aromatic heterocycles. The number of aromatic nitrogens is 2. The summed E-state index contributed by atoms with van der Waals surface area (Å²) in [6.45, 7) is 3.76. The lowest BCUT2D eigenvalue weighted by Crippen LogP contribution is -2.22. The van der Waals surface area contributed by atoms with Crippen LogP contribution in [0.5, 0.6) is 11.5 Å². The highest BCUT2D eigenvalue weighted by atomic mass is 32.1. The lowest BCUT2D eigenvalue weighted by Gasteiger charge is -2.21. The molecule has 3 aromatic rings. The quantitative estimate of drug-likeness (QED) is 0.788. The van der Waals surface area contributed by atoms with E-state index >= 15 is 0 Å². The van der Waals surface area contributed by atoms with Crippen molar-refractivity contribution < 1.29 is 9.47 Å². The maximum atomic E-state index is 12.0. The van der Waals surface area contributed by atoms with E-state index in [1.165, 1.54) is 11.3 Å². The molecular weight excluding hydrogens is 326 g/mol. The average Bonchev–Trinajstić information content (AvgIpc) is 3.08. The Morgan fingerprint density at radius 2 is 2.12 bits per heavy atom. The summed E-state index contributed by atoms with van der Waals surface area (Å²) in [7, 11) is 0. The minimum absolute atomic E-state index is 0.0509. The number of benzene rings is 1. The van der Waals surface area contributed by atoms with E-state index in [9.17, 15) is 4.79 Å². The SMILES string of the molecule is C[C@@H](NCc1cc(=O)n2ccsc2n1)c1ccc2c(c1)OCCO2. The van der Waals surface area contributed by atoms with Gasteiger partial charge in [-0.1, -0.05) is 6.07 Å². The zero-order valence-corrected chi connectivity index (χ0v) is 14.0. The molecule has 1 aliphatic heterocycles. The predicted molar refractivity (Wildman–Crippen MR) is 92.0 cm³/mol. The molecule has 3 heterocycles. The van der Waals surface area contributed by atoms with E-state index < -0.39 is 0 Å². The molecule has 24 heavy (non-hydrogen) atoms. The zero-order valence-electron chi connectivity index (χ0n) is 13.2. The molecule has 0 spiro atoms. The smallest absolute Gasteiger partial charge is 0.258 e. The molecule has 4 rings (SSSR count). The van der Waals surface area contributed by atoms with Crippen molar-refractivity contribution >= 4 is 16.3 Å². The van der Waals surface area contributed by atoms with E-state index in [1.54, 1.807) is 16.7 Å². The Morgan fingerprint density at radius 3 is 3.00 bits per heavy atom. The van der Waals surface area contributed by atoms with Crippen LogP contribution in [0.2, 0.25) is 0 Å². The first-order chi connectivity index (χ1) is 11.7. The standard InChI is InChI=1S/C17H17N3O3S/c1-11(12-2-3-14-15(8-12)23-6-5-22-14)18-10-13-9-16(21)20-4-7-24-17(20)19-13/h2-4,7-9,11,18H,5-6,10H2,1H3/t11-/m1/s1. The molecule has 0 bridgehead atoms. The van der Waals surface area contributed by atoms with Crippen molar-refractivity contribution in [2.75, 3.05) is 13.2 Å². The lowest BCUT2D eigenvalue weighted by atomic mass is 10.1. The third-order valence-electron chi connectivity index (χ3n) is 4.01. The van der Waals surface area contributed by atoms with Gasteiger partial charge >= 0.3 is 0 Å². The molecule has 1 N–H and O–H groups in total. The number of nitrogens with zero attached hydrogens (tertiary/aromatic N) is 2. The largest absolute Gasteiger partial charge is 0.486 e. The van der Waals surface area contributed by atoms with Crippen molar-refractivity contribution in [3.63, 3.8) is 0 Å². The molecule has 6 nitrogen and oxygen atoms in total. The Bertz CT molecular complexity index is 934. The van der Waals surface area contributed by atoms with E-state index in [2.05, 4.69) is 17.2 Å². The summed E-state index contributed by atoms with van der Waals surface area (Å²) in [5.41, 5.74) is 1.80. The van der Waals surface area contributed by atoms with Gasteiger partial charge in [0.15, 0.2) is 16.5 Å². The first kappa shape index (κ1) is 15.2. The normalized spacial score (nSPS) is 14.7. The van der Waals surface area contributed by atoms with Crippen LogP contribution >= 0.6 is 11.3 Å². The Morgan fingerprint density at radius 1 is 1.29 bits per heavy atom. The van der Waals surface area contributed by atoms with E-state index in [-0.39, 0.29) is 11.6 Å². The lowest BCUT2D eigenvalue weighted by molar-refractivity contribution is 0.171. The molecule has 0 saturated heterocycles. The van der Waals surface area contributed by atoms with Crippen LogP contribution in [0.25, 0.3) is 4.96 Å². The summed E-state index contributed by atoms with van der Waals surface area (Å²) < 4.78 is 12.7. The Hall–Kier alpha value is -2.38. The molecule has 0 radical (unpaired) electrons. The van der Waals surface area contributed by atoms with Crippen LogP contribution in [0.3, 0.4) is 0 Å². The molecular formula is C17H17N3O3S. The summed E-state index contributed by atoms with van der Waals surface area (Å²) >= 11 is 1.46. The number of hydrogen-bond acceptors (Lipinski definition) is 6. The molecule has 0 amide bonds. The maximum absolute atomic E-state index is 12.0. The molecule has 1 aromatic carbocycles. The monoisotopic (exact) mass is 343 g/mol. The number of hydrogen-bond donors (Lipinski definition) is 1. The van der Waals surface area contributed by atoms with E-state index in [0.29, 0.717) is 24.7 Å². The third kappa shape index (κ3) is 2.88. The zero-order chi connectivity index (χ0) is 16.5. The van der Waals surface area contributed by atoms with Gasteiger partial charge in [-0.3, -0.25) is 9.20 Å². The molecule has 0 aliphatic carbocycles. The second kappa shape index (κ2) is 6.26. The molecule has 7 heteroatoms. The second-order valence-electron chi connectivity index (χ2n) is 5.65. The van der Waals surface area contributed by atoms with E-state index in [1.807, 2.05) is 23.6 Å². The van der Waals surface area contributed by atoms with Crippen LogP contribution in [0, 0.1) is 0 Å². The van der Waals surface area contributed by atoms with Crippen LogP contribution in [-0.2, 0) is 6.54 Å². The van der Waals surface area contributed by atoms with Crippen molar-refractivity contribution in [1.82, 2.24) is 14.7 Å². The second-order valence-corrected chi connectivity index (χ2v) is 6.52. The average molecular weight is 343 g/mol. The molecule has 0 unspecified atom stereocenters. The highest BCUT2D eigenvalue weighted by Gasteiger charge is 2.14. The van der Waals surface area contributed by atoms with Crippen molar-refractivity contribution in [1.29, 1.82) is 0 Å². The van der Waals surface area contributed by atoms with Crippen LogP contribution in [-0.4, -0.2) is 22.6 Å². The van der Waals surface area contributed by atoms with E-state index in [4.69, 9.17) is 9.47 Å². The van der Waals surface area contributed by atoms with Crippen LogP contribution in [0.15, 0.2) is 40.6 Å². The van der Waals surface area contributed by atoms with Crippen molar-refractivity contribution in [2.45, 2.75) is 19.5 Å². The summed E-state index contributed by atoms with van der Waals surface area (Å²) in [4.78, 5) is 17.2. The fourth-order valence-corrected chi connectivity index (χ4v) is 3.42. The summed E-state index contributed by atoms with van der Waals surface area (Å²) in [6, 6.07) is 7.63. The van der Waals surface area contributed by atoms with Crippen LogP contribution in [0.4, 0.5) is 0 Å². The topological polar surface area (TPSA) is 64.9 Å². The summed E-state index contributed by atoms with van der Waals surface area (Å²) in [5.74, 6) is 1.57. The number of nitrogens with one attached hydrogen (secondary N) is 1. The number of ether oxygens (including phenoxy) is 2. The fraction of sp³-hybridized carbons (Fsp3) is 0.294. The molecule has 1 aliphatic rings. The van der Waals surface area contributed by atoms with Gasteiger partial charge in [-0.25, -0.2) is 4.98 Å². The molecule has 0 saturated carbocycles. The van der Waals surface area contributed by atoms with E-state index in [0.717, 1.165) is 22.8 Å². The molecule has 1 atom stereocenters. The van der Waals surface area contributed by atoms with Gasteiger partial charge in [-0.2, -0.15) is 0 Å². The van der Waals surface area contributed by atoms with Gasteiger partial charge in [-0.05, 0) is 24.6 Å². The summed E-state index contributed by atoms with van der Waals surface area (Å²) in [5, 5.41) is 5.26. The Kier molecular flexibility index (Phi) is 3.95. The predicted octanol–water partition coefficient (Wildman–Crippen LogP) is 2.38. The van der Waals surface area contributed by atoms with Gasteiger partial charge in [0.1, 0.15) is 13.2 Å². The minimum Gasteiger partial charge on any atom is -0.486 e. The first-order valence-corrected chi connectivity index (χ1v) is 8.67. The molecule has 0 fully saturated rings. The fourth-order valence-electron chi connectivity index (χ4n) is 2.68. The highest BCUT2D eigenvalue weighted by Crippen LogP contribution is 2.32. The van der Waals surface area contributed by atoms with Crippen molar-refractivity contribution in [2.24, 2.45) is 0 Å². The number of thiazole rings is 1. The van der Waals surface area contributed by atoms with Gasteiger partial charge < -0.3 is 14.8 Å². The Balaban J connectivity index is 1.49. The summed E-state index contributed by atoms with van der Waals surface area (Å²) in [6.07, 6.45) is 1.74. The minimum atomic E-state index is -0.0509. The van der Waals surface area contributed by atoms with Gasteiger partial charge in [0.25, 0.3) is 5.56 Å². The first-order valence-electron chi connectivity index (χ1n) is 7.79. The highest BCUT2D eigenvalue weighted by molar-refractivity contribution is 7.15. The van der Waals surface area contributed by atoms with Gasteiger partial charge in [0.2, 0.25) is 0 Å². The third-order valence-corrected chi connectivity index (χ3v) is 4.77.